The molecule has 0 saturated carbocycles. The van der Waals surface area contributed by atoms with Crippen LogP contribution in [-0.2, 0) is 16.1 Å². The van der Waals surface area contributed by atoms with E-state index in [0.717, 1.165) is 29.1 Å². The van der Waals surface area contributed by atoms with Crippen LogP contribution < -0.4 is 16.0 Å². The first-order valence-electron chi connectivity index (χ1n) is 10.8. The molecular formula is C21H27N9O3. The van der Waals surface area contributed by atoms with Gasteiger partial charge < -0.3 is 30.7 Å². The molecular weight excluding hydrogens is 426 g/mol. The molecule has 4 rings (SSSR count). The highest BCUT2D eigenvalue weighted by molar-refractivity contribution is 6.39. The van der Waals surface area contributed by atoms with Crippen molar-refractivity contribution in [1.29, 1.82) is 5.26 Å². The smallest absolute Gasteiger partial charge is 0.320 e. The maximum absolute atomic E-state index is 12.8. The van der Waals surface area contributed by atoms with Crippen LogP contribution in [0.5, 0.6) is 0 Å². The molecule has 0 unspecified atom stereocenters. The molecule has 1 fully saturated rings. The molecule has 4 heterocycles. The zero-order valence-electron chi connectivity index (χ0n) is 18.8. The summed E-state index contributed by atoms with van der Waals surface area (Å²) in [7, 11) is 3.00. The van der Waals surface area contributed by atoms with E-state index in [1.54, 1.807) is 11.9 Å². The number of hydrogen-bond acceptors (Lipinski definition) is 6. The van der Waals surface area contributed by atoms with E-state index in [2.05, 4.69) is 27.9 Å². The number of anilines is 2. The molecule has 1 saturated heterocycles. The van der Waals surface area contributed by atoms with Crippen molar-refractivity contribution in [1.82, 2.24) is 29.9 Å². The highest BCUT2D eigenvalue weighted by Crippen LogP contribution is 2.42. The molecule has 12 nitrogen and oxygen atoms in total. The van der Waals surface area contributed by atoms with Crippen molar-refractivity contribution >= 4 is 29.5 Å². The van der Waals surface area contributed by atoms with Gasteiger partial charge in [0.25, 0.3) is 0 Å². The van der Waals surface area contributed by atoms with Crippen LogP contribution in [0.3, 0.4) is 0 Å². The van der Waals surface area contributed by atoms with Crippen LogP contribution in [-0.4, -0.2) is 76.1 Å². The lowest BCUT2D eigenvalue weighted by molar-refractivity contribution is -0.135. The molecule has 2 aliphatic rings. The van der Waals surface area contributed by atoms with Crippen molar-refractivity contribution in [3.63, 3.8) is 0 Å². The number of hydrogen-bond donors (Lipinski definition) is 4. The van der Waals surface area contributed by atoms with E-state index < -0.39 is 11.8 Å². The molecule has 0 aliphatic carbocycles. The van der Waals surface area contributed by atoms with Crippen LogP contribution in [0, 0.1) is 17.2 Å². The topological polar surface area (TPSA) is 151 Å². The molecule has 2 aliphatic heterocycles. The van der Waals surface area contributed by atoms with Crippen molar-refractivity contribution in [2.45, 2.75) is 25.9 Å². The number of fused-ring (bicyclic) bond motifs is 3. The van der Waals surface area contributed by atoms with Gasteiger partial charge in [-0.2, -0.15) is 10.4 Å². The number of likely N-dealkylation sites (tertiary alicyclic amines) is 1. The van der Waals surface area contributed by atoms with Crippen LogP contribution in [0.25, 0.3) is 11.3 Å². The summed E-state index contributed by atoms with van der Waals surface area (Å²) in [5.74, 6) is -0.184. The predicted molar refractivity (Wildman–Crippen MR) is 120 cm³/mol. The van der Waals surface area contributed by atoms with Gasteiger partial charge in [-0.05, 0) is 18.4 Å². The first kappa shape index (κ1) is 22.2. The zero-order valence-corrected chi connectivity index (χ0v) is 18.8. The summed E-state index contributed by atoms with van der Waals surface area (Å²) in [5.41, 5.74) is 2.52. The standard InChI is InChI=1S/C21H27N9O3/c1-12-5-8-29(21(33)28(3)9-6-22)11-15(12)30-16-13-4-7-24-17(13)25-10-14(16)18(27-30)26-20(32)19(31)23-2/h4,7,12,15,24-25H,5,8-11H2,1-3H3,(H,23,31)(H,26,27,32)/t12-,15+/m1/s1. The first-order chi connectivity index (χ1) is 15.8. The number of urea groups is 1. The number of carbonyl (C=O) groups is 3. The highest BCUT2D eigenvalue weighted by atomic mass is 16.2. The number of H-pyrrole nitrogens is 1. The van der Waals surface area contributed by atoms with Gasteiger partial charge in [0, 0.05) is 51.1 Å². The minimum absolute atomic E-state index is 0.0147. The fourth-order valence-corrected chi connectivity index (χ4v) is 4.39. The number of nitrogens with zero attached hydrogens (tertiary/aromatic N) is 5. The van der Waals surface area contributed by atoms with Crippen molar-refractivity contribution in [2.75, 3.05) is 44.4 Å². The number of aromatic nitrogens is 3. The number of nitrogens with one attached hydrogen (secondary N) is 4. The number of piperidine rings is 1. The van der Waals surface area contributed by atoms with Crippen molar-refractivity contribution in [3.05, 3.63) is 17.8 Å². The molecule has 4 amide bonds. The summed E-state index contributed by atoms with van der Waals surface area (Å²) in [6.45, 7) is 3.55. The van der Waals surface area contributed by atoms with Gasteiger partial charge in [0.1, 0.15) is 12.4 Å². The van der Waals surface area contributed by atoms with E-state index >= 15 is 0 Å². The Morgan fingerprint density at radius 3 is 2.88 bits per heavy atom. The first-order valence-corrected chi connectivity index (χ1v) is 10.8. The monoisotopic (exact) mass is 453 g/mol. The maximum atomic E-state index is 12.8. The fraction of sp³-hybridized carbons (Fsp3) is 0.476. The van der Waals surface area contributed by atoms with Crippen molar-refractivity contribution in [2.24, 2.45) is 5.92 Å². The van der Waals surface area contributed by atoms with Gasteiger partial charge in [0.15, 0.2) is 5.82 Å². The van der Waals surface area contributed by atoms with Crippen molar-refractivity contribution < 1.29 is 14.4 Å². The minimum Gasteiger partial charge on any atom is -0.367 e. The molecule has 0 aromatic carbocycles. The second kappa shape index (κ2) is 8.85. The van der Waals surface area contributed by atoms with E-state index in [1.807, 2.05) is 23.0 Å². The Morgan fingerprint density at radius 2 is 2.15 bits per heavy atom. The van der Waals surface area contributed by atoms with Gasteiger partial charge in [-0.15, -0.1) is 0 Å². The van der Waals surface area contributed by atoms with Crippen LogP contribution in [0.1, 0.15) is 24.9 Å². The molecule has 174 valence electrons. The van der Waals surface area contributed by atoms with Gasteiger partial charge in [-0.25, -0.2) is 4.79 Å². The molecule has 2 atom stereocenters. The molecule has 4 N–H and O–H groups in total. The number of nitriles is 1. The van der Waals surface area contributed by atoms with Gasteiger partial charge in [-0.3, -0.25) is 14.3 Å². The number of likely N-dealkylation sites (N-methyl/N-ethyl adjacent to an activating group) is 1. The third-order valence-corrected chi connectivity index (χ3v) is 6.26. The van der Waals surface area contributed by atoms with Crippen molar-refractivity contribution in [3.8, 4) is 17.3 Å². The zero-order chi connectivity index (χ0) is 23.7. The van der Waals surface area contributed by atoms with E-state index in [0.29, 0.717) is 25.5 Å². The summed E-state index contributed by atoms with van der Waals surface area (Å²) in [6.07, 6.45) is 2.59. The highest BCUT2D eigenvalue weighted by Gasteiger charge is 2.36. The molecule has 0 bridgehead atoms. The number of rotatable bonds is 3. The fourth-order valence-electron chi connectivity index (χ4n) is 4.39. The summed E-state index contributed by atoms with van der Waals surface area (Å²) < 4.78 is 1.87. The summed E-state index contributed by atoms with van der Waals surface area (Å²) in [5, 5.41) is 21.9. The third kappa shape index (κ3) is 3.97. The largest absolute Gasteiger partial charge is 0.367 e. The molecule has 2 aromatic rings. The van der Waals surface area contributed by atoms with Gasteiger partial charge in [0.2, 0.25) is 0 Å². The number of carbonyl (C=O) groups excluding carboxylic acids is 3. The molecule has 2 aromatic heterocycles. The van der Waals surface area contributed by atoms with Gasteiger partial charge in [0.05, 0.1) is 17.8 Å². The van der Waals surface area contributed by atoms with Crippen LogP contribution in [0.15, 0.2) is 12.3 Å². The van der Waals surface area contributed by atoms with E-state index in [4.69, 9.17) is 10.4 Å². The Kier molecular flexibility index (Phi) is 5.95. The lowest BCUT2D eigenvalue weighted by Crippen LogP contribution is -2.49. The van der Waals surface area contributed by atoms with Gasteiger partial charge in [-0.1, -0.05) is 6.92 Å². The van der Waals surface area contributed by atoms with E-state index in [9.17, 15) is 14.4 Å². The lowest BCUT2D eigenvalue weighted by Gasteiger charge is -2.39. The van der Waals surface area contributed by atoms with E-state index in [1.165, 1.54) is 11.9 Å². The number of amides is 4. The Morgan fingerprint density at radius 1 is 1.36 bits per heavy atom. The van der Waals surface area contributed by atoms with Crippen LogP contribution in [0.4, 0.5) is 16.4 Å². The molecule has 0 radical (unpaired) electrons. The predicted octanol–water partition coefficient (Wildman–Crippen LogP) is 0.946. The number of aromatic amines is 1. The Bertz CT molecular complexity index is 1130. The minimum atomic E-state index is -0.795. The Balaban J connectivity index is 1.72. The second-order valence-corrected chi connectivity index (χ2v) is 8.35. The maximum Gasteiger partial charge on any atom is 0.320 e. The van der Waals surface area contributed by atoms with E-state index in [-0.39, 0.29) is 24.5 Å². The average Bonchev–Trinajstić information content (AvgIpc) is 3.43. The SMILES string of the molecule is CNC(=O)C(=O)Nc1nn([C@H]2CN(C(=O)N(C)CC#N)CC[C@H]2C)c2c1CNc1[nH]ccc1-2. The lowest BCUT2D eigenvalue weighted by atomic mass is 9.92. The van der Waals surface area contributed by atoms with Gasteiger partial charge >= 0.3 is 17.8 Å². The molecule has 33 heavy (non-hydrogen) atoms. The summed E-state index contributed by atoms with van der Waals surface area (Å²) in [6, 6.07) is 3.58. The normalized spacial score (nSPS) is 18.9. The average molecular weight is 454 g/mol. The Labute approximate surface area is 190 Å². The molecule has 12 heteroatoms. The quantitative estimate of drug-likeness (QED) is 0.401. The molecule has 0 spiro atoms. The third-order valence-electron chi connectivity index (χ3n) is 6.26. The Hall–Kier alpha value is -4.01. The second-order valence-electron chi connectivity index (χ2n) is 8.35. The van der Waals surface area contributed by atoms with Crippen LogP contribution in [0.2, 0.25) is 0 Å². The summed E-state index contributed by atoms with van der Waals surface area (Å²) >= 11 is 0. The summed E-state index contributed by atoms with van der Waals surface area (Å²) in [4.78, 5) is 43.2. The van der Waals surface area contributed by atoms with Crippen LogP contribution >= 0.6 is 0 Å².